The highest BCUT2D eigenvalue weighted by Crippen LogP contribution is 2.56. The minimum absolute atomic E-state index is 0.0861. The Morgan fingerprint density at radius 2 is 1.84 bits per heavy atom. The SMILES string of the molecule is CC(C)(O)c1ncc(-c2cc3c(cc2F)nc2n3[C@@H]3C[C@H]2N(S(=O)(=O)c2cccnc2)c2cccc(OC(F)F)c23)cn1. The van der Waals surface area contributed by atoms with E-state index in [9.17, 15) is 22.3 Å². The van der Waals surface area contributed by atoms with Gasteiger partial charge in [-0.15, -0.1) is 0 Å². The Labute approximate surface area is 243 Å². The maximum absolute atomic E-state index is 15.5. The first-order valence-electron chi connectivity index (χ1n) is 13.2. The van der Waals surface area contributed by atoms with E-state index in [1.165, 1.54) is 73.3 Å². The van der Waals surface area contributed by atoms with E-state index in [1.54, 1.807) is 16.7 Å². The minimum atomic E-state index is -4.25. The highest BCUT2D eigenvalue weighted by Gasteiger charge is 2.50. The number of fused-ring (bicyclic) bond motifs is 3. The summed E-state index contributed by atoms with van der Waals surface area (Å²) in [5, 5.41) is 10.2. The van der Waals surface area contributed by atoms with Gasteiger partial charge in [0.25, 0.3) is 10.0 Å². The molecule has 10 nitrogen and oxygen atoms in total. The summed E-state index contributed by atoms with van der Waals surface area (Å²) in [6, 6.07) is 8.59. The number of hydrogen-bond acceptors (Lipinski definition) is 8. The summed E-state index contributed by atoms with van der Waals surface area (Å²) in [7, 11) is -4.25. The number of aliphatic hydroxyl groups is 1. The van der Waals surface area contributed by atoms with Crippen LogP contribution >= 0.6 is 0 Å². The molecule has 0 saturated heterocycles. The van der Waals surface area contributed by atoms with Crippen molar-refractivity contribution in [1.82, 2.24) is 24.5 Å². The summed E-state index contributed by atoms with van der Waals surface area (Å²) in [5.41, 5.74) is 0.340. The number of halogens is 3. The van der Waals surface area contributed by atoms with Gasteiger partial charge in [-0.3, -0.25) is 9.29 Å². The maximum atomic E-state index is 15.5. The number of nitrogens with zero attached hydrogens (tertiary/aromatic N) is 6. The average molecular weight is 609 g/mol. The lowest BCUT2D eigenvalue weighted by Crippen LogP contribution is -2.37. The van der Waals surface area contributed by atoms with E-state index in [2.05, 4.69) is 19.9 Å². The van der Waals surface area contributed by atoms with E-state index in [1.807, 2.05) is 0 Å². The van der Waals surface area contributed by atoms with Gasteiger partial charge in [0, 0.05) is 54.0 Å². The van der Waals surface area contributed by atoms with Gasteiger partial charge in [0.15, 0.2) is 5.82 Å². The Kier molecular flexibility index (Phi) is 6.01. The van der Waals surface area contributed by atoms with Crippen molar-refractivity contribution in [2.24, 2.45) is 0 Å². The number of sulfonamides is 1. The van der Waals surface area contributed by atoms with Crippen LogP contribution in [-0.2, 0) is 15.6 Å². The fourth-order valence-corrected chi connectivity index (χ4v) is 7.51. The second-order valence-corrected chi connectivity index (χ2v) is 12.7. The standard InChI is InChI=1S/C29H23F3N6O4S/c1-29(2,39)27-34-12-15(13-35-27)17-9-21-19(10-18(17)30)36-26-23-11-22(37(21)26)25-20(6-3-7-24(25)42-28(31)32)38(23)43(40,41)16-5-4-8-33-14-16/h3-10,12-14,22-23,28,39H,11H2,1-2H3/t22-,23-/m1/s1. The van der Waals surface area contributed by atoms with Crippen molar-refractivity contribution in [3.8, 4) is 16.9 Å². The van der Waals surface area contributed by atoms with E-state index in [0.717, 1.165) is 0 Å². The van der Waals surface area contributed by atoms with Gasteiger partial charge in [-0.25, -0.2) is 27.8 Å². The predicted octanol–water partition coefficient (Wildman–Crippen LogP) is 5.10. The molecule has 0 amide bonds. The number of hydrogen-bond donors (Lipinski definition) is 1. The lowest BCUT2D eigenvalue weighted by atomic mass is 9.95. The van der Waals surface area contributed by atoms with Crippen LogP contribution in [0.5, 0.6) is 5.75 Å². The fourth-order valence-electron chi connectivity index (χ4n) is 5.91. The summed E-state index contributed by atoms with van der Waals surface area (Å²) >= 11 is 0. The van der Waals surface area contributed by atoms with Gasteiger partial charge in [0.05, 0.1) is 22.8 Å². The summed E-state index contributed by atoms with van der Waals surface area (Å²) < 4.78 is 78.5. The van der Waals surface area contributed by atoms with Crippen LogP contribution < -0.4 is 9.04 Å². The second-order valence-electron chi connectivity index (χ2n) is 10.8. The molecule has 1 N–H and O–H groups in total. The molecular formula is C29H23F3N6O4S. The smallest absolute Gasteiger partial charge is 0.387 e. The third kappa shape index (κ3) is 4.23. The van der Waals surface area contributed by atoms with Crippen LogP contribution in [-0.4, -0.2) is 44.6 Å². The van der Waals surface area contributed by atoms with Crippen molar-refractivity contribution in [1.29, 1.82) is 0 Å². The van der Waals surface area contributed by atoms with Gasteiger partial charge in [0.1, 0.15) is 33.9 Å². The molecular weight excluding hydrogens is 585 g/mol. The van der Waals surface area contributed by atoms with Crippen molar-refractivity contribution < 1.29 is 31.4 Å². The lowest BCUT2D eigenvalue weighted by molar-refractivity contribution is -0.0506. The van der Waals surface area contributed by atoms with Gasteiger partial charge >= 0.3 is 6.61 Å². The summed E-state index contributed by atoms with van der Waals surface area (Å²) in [5.74, 6) is -0.294. The van der Waals surface area contributed by atoms with Crippen LogP contribution in [0, 0.1) is 5.82 Å². The highest BCUT2D eigenvalue weighted by atomic mass is 32.2. The number of imidazole rings is 1. The molecule has 0 saturated carbocycles. The van der Waals surface area contributed by atoms with E-state index in [-0.39, 0.29) is 45.2 Å². The van der Waals surface area contributed by atoms with Crippen molar-refractivity contribution in [3.05, 3.63) is 90.3 Å². The molecule has 0 radical (unpaired) electrons. The molecule has 2 aromatic carbocycles. The molecule has 5 heterocycles. The minimum Gasteiger partial charge on any atom is -0.434 e. The summed E-state index contributed by atoms with van der Waals surface area (Å²) in [4.78, 5) is 16.9. The zero-order valence-corrected chi connectivity index (χ0v) is 23.5. The molecule has 14 heteroatoms. The Bertz CT molecular complexity index is 2000. The van der Waals surface area contributed by atoms with Gasteiger partial charge in [-0.1, -0.05) is 6.07 Å². The highest BCUT2D eigenvalue weighted by molar-refractivity contribution is 7.92. The number of ether oxygens (including phenoxy) is 1. The number of pyridine rings is 1. The van der Waals surface area contributed by atoms with E-state index in [4.69, 9.17) is 4.74 Å². The van der Waals surface area contributed by atoms with Gasteiger partial charge in [0.2, 0.25) is 0 Å². The van der Waals surface area contributed by atoms with E-state index in [0.29, 0.717) is 16.9 Å². The maximum Gasteiger partial charge on any atom is 0.387 e. The van der Waals surface area contributed by atoms with Crippen molar-refractivity contribution in [3.63, 3.8) is 0 Å². The number of aromatic nitrogens is 5. The van der Waals surface area contributed by atoms with Crippen LogP contribution in [0.1, 0.15) is 49.6 Å². The third-order valence-corrected chi connectivity index (χ3v) is 9.48. The molecule has 2 aliphatic rings. The lowest BCUT2D eigenvalue weighted by Gasteiger charge is -2.36. The van der Waals surface area contributed by atoms with Crippen LogP contribution in [0.15, 0.2) is 72.1 Å². The van der Waals surface area contributed by atoms with E-state index >= 15 is 4.39 Å². The normalized spacial score (nSPS) is 17.8. The first kappa shape index (κ1) is 27.3. The number of alkyl halides is 2. The average Bonchev–Trinajstić information content (AvgIpc) is 3.47. The van der Waals surface area contributed by atoms with Crippen LogP contribution in [0.4, 0.5) is 18.9 Å². The second kappa shape index (κ2) is 9.47. The van der Waals surface area contributed by atoms with Crippen molar-refractivity contribution >= 4 is 26.7 Å². The summed E-state index contributed by atoms with van der Waals surface area (Å²) in [6.07, 6.45) is 5.64. The monoisotopic (exact) mass is 608 g/mol. The first-order valence-corrected chi connectivity index (χ1v) is 14.7. The molecule has 2 aliphatic heterocycles. The largest absolute Gasteiger partial charge is 0.434 e. The zero-order chi connectivity index (χ0) is 30.3. The Morgan fingerprint density at radius 1 is 1.07 bits per heavy atom. The molecule has 0 fully saturated rings. The first-order chi connectivity index (χ1) is 20.4. The molecule has 7 rings (SSSR count). The topological polar surface area (TPSA) is 123 Å². The Morgan fingerprint density at radius 3 is 2.51 bits per heavy atom. The molecule has 220 valence electrons. The fraction of sp³-hybridized carbons (Fsp3) is 0.241. The molecule has 3 aromatic heterocycles. The molecule has 5 aromatic rings. The van der Waals surface area contributed by atoms with Gasteiger partial charge < -0.3 is 14.4 Å². The zero-order valence-electron chi connectivity index (χ0n) is 22.7. The van der Waals surface area contributed by atoms with Gasteiger partial charge in [-0.05, 0) is 44.2 Å². The molecule has 2 bridgehead atoms. The molecule has 2 atom stereocenters. The Hall–Kier alpha value is -4.56. The van der Waals surface area contributed by atoms with Crippen LogP contribution in [0.2, 0.25) is 0 Å². The Balaban J connectivity index is 1.45. The van der Waals surface area contributed by atoms with Crippen molar-refractivity contribution in [2.45, 2.75) is 49.5 Å². The molecule has 0 unspecified atom stereocenters. The predicted molar refractivity (Wildman–Crippen MR) is 148 cm³/mol. The van der Waals surface area contributed by atoms with Gasteiger partial charge in [-0.2, -0.15) is 8.78 Å². The molecule has 0 aliphatic carbocycles. The number of rotatable bonds is 6. The van der Waals surface area contributed by atoms with Crippen molar-refractivity contribution in [2.75, 3.05) is 4.31 Å². The summed E-state index contributed by atoms with van der Waals surface area (Å²) in [6.45, 7) is -0.0890. The molecule has 0 spiro atoms. The number of benzene rings is 2. The van der Waals surface area contributed by atoms with Crippen LogP contribution in [0.3, 0.4) is 0 Å². The molecule has 43 heavy (non-hydrogen) atoms. The van der Waals surface area contributed by atoms with Crippen LogP contribution in [0.25, 0.3) is 22.2 Å². The number of anilines is 1. The van der Waals surface area contributed by atoms with E-state index < -0.39 is 40.1 Å². The quantitative estimate of drug-likeness (QED) is 0.283. The third-order valence-electron chi connectivity index (χ3n) is 7.68.